The van der Waals surface area contributed by atoms with Crippen molar-refractivity contribution in [2.45, 2.75) is 25.7 Å². The molecular formula is C10H14N2O2S. The standard InChI is InChI=1S/C10H14N2O2S/c13-10(14)8-9(15-6-12-8)11-5-1-2-7-3-4-7/h6-7,11H,1-5H2,(H,13,14). The summed E-state index contributed by atoms with van der Waals surface area (Å²) in [5.41, 5.74) is 1.71. The molecule has 0 bridgehead atoms. The molecule has 0 saturated heterocycles. The largest absolute Gasteiger partial charge is 0.476 e. The van der Waals surface area contributed by atoms with Crippen LogP contribution in [-0.4, -0.2) is 22.6 Å². The van der Waals surface area contributed by atoms with E-state index in [4.69, 9.17) is 5.11 Å². The van der Waals surface area contributed by atoms with Gasteiger partial charge in [0.05, 0.1) is 5.51 Å². The van der Waals surface area contributed by atoms with Gasteiger partial charge in [-0.2, -0.15) is 0 Å². The highest BCUT2D eigenvalue weighted by molar-refractivity contribution is 7.14. The second-order valence-electron chi connectivity index (χ2n) is 3.85. The van der Waals surface area contributed by atoms with E-state index in [1.165, 1.54) is 30.6 Å². The number of hydrogen-bond donors (Lipinski definition) is 2. The normalized spacial score (nSPS) is 15.2. The first-order valence-corrected chi connectivity index (χ1v) is 6.06. The van der Waals surface area contributed by atoms with Crippen molar-refractivity contribution in [3.8, 4) is 0 Å². The average molecular weight is 226 g/mol. The average Bonchev–Trinajstić information content (AvgIpc) is 2.90. The van der Waals surface area contributed by atoms with Gasteiger partial charge in [-0.05, 0) is 18.8 Å². The van der Waals surface area contributed by atoms with Gasteiger partial charge in [0.15, 0.2) is 5.69 Å². The van der Waals surface area contributed by atoms with Crippen molar-refractivity contribution in [1.29, 1.82) is 0 Å². The predicted molar refractivity (Wildman–Crippen MR) is 59.5 cm³/mol. The molecule has 1 aromatic heterocycles. The molecule has 0 unspecified atom stereocenters. The van der Waals surface area contributed by atoms with Crippen molar-refractivity contribution in [1.82, 2.24) is 4.98 Å². The molecule has 1 heterocycles. The Morgan fingerprint density at radius 1 is 1.67 bits per heavy atom. The van der Waals surface area contributed by atoms with Crippen molar-refractivity contribution >= 4 is 22.3 Å². The molecule has 1 aromatic rings. The summed E-state index contributed by atoms with van der Waals surface area (Å²) in [6, 6.07) is 0. The van der Waals surface area contributed by atoms with E-state index in [1.807, 2.05) is 0 Å². The van der Waals surface area contributed by atoms with Crippen molar-refractivity contribution in [3.05, 3.63) is 11.2 Å². The molecule has 2 N–H and O–H groups in total. The zero-order chi connectivity index (χ0) is 10.7. The van der Waals surface area contributed by atoms with Crippen LogP contribution in [0.15, 0.2) is 5.51 Å². The lowest BCUT2D eigenvalue weighted by atomic mass is 10.2. The first-order valence-electron chi connectivity index (χ1n) is 5.18. The van der Waals surface area contributed by atoms with E-state index in [-0.39, 0.29) is 5.69 Å². The van der Waals surface area contributed by atoms with Gasteiger partial charge in [0.1, 0.15) is 5.00 Å². The van der Waals surface area contributed by atoms with E-state index in [2.05, 4.69) is 10.3 Å². The number of carbonyl (C=O) groups is 1. The summed E-state index contributed by atoms with van der Waals surface area (Å²) in [5.74, 6) is -0.0202. The van der Waals surface area contributed by atoms with Gasteiger partial charge in [0, 0.05) is 6.54 Å². The molecule has 0 atom stereocenters. The lowest BCUT2D eigenvalue weighted by Crippen LogP contribution is -2.06. The molecule has 0 aliphatic heterocycles. The number of hydrogen-bond acceptors (Lipinski definition) is 4. The zero-order valence-electron chi connectivity index (χ0n) is 8.40. The number of carboxylic acid groups (broad SMARTS) is 1. The SMILES string of the molecule is O=C(O)c1ncsc1NCCCC1CC1. The van der Waals surface area contributed by atoms with E-state index < -0.39 is 5.97 Å². The second kappa shape index (κ2) is 4.61. The predicted octanol–water partition coefficient (Wildman–Crippen LogP) is 2.44. The van der Waals surface area contributed by atoms with Crippen LogP contribution in [0, 0.1) is 5.92 Å². The first-order chi connectivity index (χ1) is 7.27. The molecule has 2 rings (SSSR count). The molecule has 0 amide bonds. The minimum Gasteiger partial charge on any atom is -0.476 e. The number of rotatable bonds is 6. The van der Waals surface area contributed by atoms with Crippen molar-refractivity contribution in [3.63, 3.8) is 0 Å². The molecule has 15 heavy (non-hydrogen) atoms. The third-order valence-corrected chi connectivity index (χ3v) is 3.33. The Labute approximate surface area is 92.3 Å². The monoisotopic (exact) mass is 226 g/mol. The zero-order valence-corrected chi connectivity index (χ0v) is 9.22. The molecule has 4 nitrogen and oxygen atoms in total. The number of carboxylic acids is 1. The van der Waals surface area contributed by atoms with Gasteiger partial charge in [0.2, 0.25) is 0 Å². The van der Waals surface area contributed by atoms with Crippen LogP contribution in [-0.2, 0) is 0 Å². The lowest BCUT2D eigenvalue weighted by molar-refractivity contribution is 0.0692. The Balaban J connectivity index is 1.76. The van der Waals surface area contributed by atoms with Gasteiger partial charge in [-0.3, -0.25) is 0 Å². The van der Waals surface area contributed by atoms with E-state index >= 15 is 0 Å². The number of aromatic carboxylic acids is 1. The van der Waals surface area contributed by atoms with Crippen LogP contribution in [0.1, 0.15) is 36.2 Å². The van der Waals surface area contributed by atoms with E-state index in [0.717, 1.165) is 18.9 Å². The Morgan fingerprint density at radius 2 is 2.47 bits per heavy atom. The minimum atomic E-state index is -0.957. The smallest absolute Gasteiger partial charge is 0.357 e. The van der Waals surface area contributed by atoms with Crippen LogP contribution in [0.2, 0.25) is 0 Å². The quantitative estimate of drug-likeness (QED) is 0.731. The van der Waals surface area contributed by atoms with Crippen LogP contribution in [0.25, 0.3) is 0 Å². The molecule has 1 aliphatic rings. The number of anilines is 1. The van der Waals surface area contributed by atoms with Gasteiger partial charge in [-0.25, -0.2) is 9.78 Å². The number of thiazole rings is 1. The summed E-state index contributed by atoms with van der Waals surface area (Å²) in [4.78, 5) is 14.5. The second-order valence-corrected chi connectivity index (χ2v) is 4.70. The maximum Gasteiger partial charge on any atom is 0.357 e. The third kappa shape index (κ3) is 2.92. The molecule has 1 saturated carbocycles. The molecule has 5 heteroatoms. The molecule has 0 aromatic carbocycles. The maximum absolute atomic E-state index is 10.7. The number of nitrogens with one attached hydrogen (secondary N) is 1. The molecule has 0 radical (unpaired) electrons. The van der Waals surface area contributed by atoms with Gasteiger partial charge in [-0.1, -0.05) is 12.8 Å². The Hall–Kier alpha value is -1.10. The first kappa shape index (κ1) is 10.4. The van der Waals surface area contributed by atoms with Gasteiger partial charge in [-0.15, -0.1) is 11.3 Å². The minimum absolute atomic E-state index is 0.145. The van der Waals surface area contributed by atoms with Crippen LogP contribution in [0.4, 0.5) is 5.00 Å². The van der Waals surface area contributed by atoms with Gasteiger partial charge in [0.25, 0.3) is 0 Å². The van der Waals surface area contributed by atoms with E-state index in [9.17, 15) is 4.79 Å². The topological polar surface area (TPSA) is 62.2 Å². The third-order valence-electron chi connectivity index (χ3n) is 2.54. The van der Waals surface area contributed by atoms with Crippen molar-refractivity contribution in [2.24, 2.45) is 5.92 Å². The Kier molecular flexibility index (Phi) is 3.20. The summed E-state index contributed by atoms with van der Waals surface area (Å²) >= 11 is 1.35. The fourth-order valence-electron chi connectivity index (χ4n) is 1.52. The lowest BCUT2D eigenvalue weighted by Gasteiger charge is -2.03. The van der Waals surface area contributed by atoms with Crippen molar-refractivity contribution in [2.75, 3.05) is 11.9 Å². The Bertz CT molecular complexity index is 347. The highest BCUT2D eigenvalue weighted by atomic mass is 32.1. The maximum atomic E-state index is 10.7. The van der Waals surface area contributed by atoms with Crippen LogP contribution >= 0.6 is 11.3 Å². The molecule has 0 spiro atoms. The number of nitrogens with zero attached hydrogens (tertiary/aromatic N) is 1. The summed E-state index contributed by atoms with van der Waals surface area (Å²) < 4.78 is 0. The number of aromatic nitrogens is 1. The highest BCUT2D eigenvalue weighted by Crippen LogP contribution is 2.33. The van der Waals surface area contributed by atoms with Crippen molar-refractivity contribution < 1.29 is 9.90 Å². The van der Waals surface area contributed by atoms with Crippen LogP contribution in [0.3, 0.4) is 0 Å². The molecular weight excluding hydrogens is 212 g/mol. The molecule has 82 valence electrons. The summed E-state index contributed by atoms with van der Waals surface area (Å²) in [5, 5.41) is 12.6. The van der Waals surface area contributed by atoms with Crippen LogP contribution < -0.4 is 5.32 Å². The fraction of sp³-hybridized carbons (Fsp3) is 0.600. The van der Waals surface area contributed by atoms with E-state index in [0.29, 0.717) is 5.00 Å². The Morgan fingerprint density at radius 3 is 3.13 bits per heavy atom. The molecule has 1 aliphatic carbocycles. The van der Waals surface area contributed by atoms with E-state index in [1.54, 1.807) is 5.51 Å². The summed E-state index contributed by atoms with van der Waals surface area (Å²) in [7, 11) is 0. The van der Waals surface area contributed by atoms with Gasteiger partial charge < -0.3 is 10.4 Å². The highest BCUT2D eigenvalue weighted by Gasteiger charge is 2.20. The summed E-state index contributed by atoms with van der Waals surface area (Å²) in [6.45, 7) is 0.846. The van der Waals surface area contributed by atoms with Crippen LogP contribution in [0.5, 0.6) is 0 Å². The molecule has 1 fully saturated rings. The fourth-order valence-corrected chi connectivity index (χ4v) is 2.22. The summed E-state index contributed by atoms with van der Waals surface area (Å²) in [6.07, 6.45) is 5.12. The van der Waals surface area contributed by atoms with Gasteiger partial charge >= 0.3 is 5.97 Å².